The van der Waals surface area contributed by atoms with Crippen molar-refractivity contribution in [2.75, 3.05) is 4.90 Å². The predicted octanol–water partition coefficient (Wildman–Crippen LogP) is 5.93. The lowest BCUT2D eigenvalue weighted by molar-refractivity contribution is -0.132. The molecule has 1 aliphatic heterocycles. The number of fused-ring (bicyclic) bond motifs is 8. The van der Waals surface area contributed by atoms with E-state index in [-0.39, 0.29) is 35.0 Å². The normalized spacial score (nSPS) is 27.6. The van der Waals surface area contributed by atoms with E-state index in [9.17, 15) is 14.4 Å². The molecule has 5 atom stereocenters. The molecule has 2 amide bonds. The fraction of sp³-hybridized carbons (Fsp3) is 0.433. The van der Waals surface area contributed by atoms with Gasteiger partial charge in [-0.3, -0.25) is 14.4 Å². The topological polar surface area (TPSA) is 79.5 Å². The van der Waals surface area contributed by atoms with Gasteiger partial charge in [-0.15, -0.1) is 0 Å². The number of benzene rings is 2. The van der Waals surface area contributed by atoms with Crippen LogP contribution < -0.4 is 9.64 Å². The molecule has 2 heterocycles. The Morgan fingerprint density at radius 3 is 2.42 bits per heavy atom. The molecule has 1 saturated heterocycles. The van der Waals surface area contributed by atoms with Crippen molar-refractivity contribution in [3.63, 3.8) is 0 Å². The van der Waals surface area contributed by atoms with Crippen molar-refractivity contribution in [1.82, 2.24) is 4.98 Å². The molecule has 2 aliphatic carbocycles. The fourth-order valence-electron chi connectivity index (χ4n) is 7.09. The van der Waals surface area contributed by atoms with Crippen LogP contribution in [0.4, 0.5) is 5.69 Å². The van der Waals surface area contributed by atoms with E-state index in [0.29, 0.717) is 17.4 Å². The SMILES string of the molecule is CC(=O)Oc1ccc(N2C(=O)[C@H]3[C@H]4C[C@@H](C(C)(C)C)CC[C@@H]4c4c([nH]c5ccccc45)[C@@H]3C2=O)cc1. The molecule has 3 aliphatic rings. The summed E-state index contributed by atoms with van der Waals surface area (Å²) >= 11 is 0. The summed E-state index contributed by atoms with van der Waals surface area (Å²) in [5.41, 5.74) is 3.88. The Hall–Kier alpha value is -3.41. The van der Waals surface area contributed by atoms with Crippen molar-refractivity contribution in [3.8, 4) is 5.75 Å². The summed E-state index contributed by atoms with van der Waals surface area (Å²) in [4.78, 5) is 44.3. The Labute approximate surface area is 211 Å². The quantitative estimate of drug-likeness (QED) is 0.278. The van der Waals surface area contributed by atoms with E-state index in [4.69, 9.17) is 4.74 Å². The number of para-hydroxylation sites is 1. The second kappa shape index (κ2) is 8.05. The molecule has 3 aromatic rings. The van der Waals surface area contributed by atoms with Crippen LogP contribution in [0, 0.1) is 23.2 Å². The Morgan fingerprint density at radius 1 is 1.00 bits per heavy atom. The molecule has 2 aromatic carbocycles. The van der Waals surface area contributed by atoms with Gasteiger partial charge in [0.2, 0.25) is 11.8 Å². The van der Waals surface area contributed by atoms with Crippen molar-refractivity contribution in [3.05, 3.63) is 59.8 Å². The summed E-state index contributed by atoms with van der Waals surface area (Å²) in [6, 6.07) is 14.9. The lowest BCUT2D eigenvalue weighted by Crippen LogP contribution is -2.41. The zero-order chi connectivity index (χ0) is 25.4. The number of aromatic amines is 1. The summed E-state index contributed by atoms with van der Waals surface area (Å²) in [5, 5.41) is 1.18. The van der Waals surface area contributed by atoms with Gasteiger partial charge in [-0.1, -0.05) is 39.0 Å². The molecule has 6 nitrogen and oxygen atoms in total. The third-order valence-corrected chi connectivity index (χ3v) is 8.75. The van der Waals surface area contributed by atoms with Crippen molar-refractivity contribution in [2.45, 2.75) is 58.8 Å². The molecular weight excluding hydrogens is 452 g/mol. The van der Waals surface area contributed by atoms with Crippen LogP contribution in [0.2, 0.25) is 0 Å². The summed E-state index contributed by atoms with van der Waals surface area (Å²) in [6.45, 7) is 8.20. The summed E-state index contributed by atoms with van der Waals surface area (Å²) in [5.74, 6) is -0.291. The minimum Gasteiger partial charge on any atom is -0.427 e. The van der Waals surface area contributed by atoms with Crippen molar-refractivity contribution in [2.24, 2.45) is 23.2 Å². The fourth-order valence-corrected chi connectivity index (χ4v) is 7.09. The molecule has 0 bridgehead atoms. The van der Waals surface area contributed by atoms with Gasteiger partial charge in [0.05, 0.1) is 17.5 Å². The van der Waals surface area contributed by atoms with Crippen LogP contribution in [0.3, 0.4) is 0 Å². The zero-order valence-corrected chi connectivity index (χ0v) is 21.2. The Bertz CT molecular complexity index is 1380. The number of nitrogens with one attached hydrogen (secondary N) is 1. The molecule has 0 radical (unpaired) electrons. The number of ether oxygens (including phenoxy) is 1. The highest BCUT2D eigenvalue weighted by Crippen LogP contribution is 2.60. The van der Waals surface area contributed by atoms with Gasteiger partial charge < -0.3 is 9.72 Å². The van der Waals surface area contributed by atoms with E-state index in [1.807, 2.05) is 6.07 Å². The molecule has 36 heavy (non-hydrogen) atoms. The first-order valence-corrected chi connectivity index (χ1v) is 12.9. The van der Waals surface area contributed by atoms with E-state index < -0.39 is 11.9 Å². The monoisotopic (exact) mass is 484 g/mol. The van der Waals surface area contributed by atoms with E-state index in [0.717, 1.165) is 30.5 Å². The van der Waals surface area contributed by atoms with Crippen LogP contribution in [0.1, 0.15) is 70.1 Å². The number of hydrogen-bond acceptors (Lipinski definition) is 4. The Kier molecular flexibility index (Phi) is 5.15. The molecule has 6 rings (SSSR count). The van der Waals surface area contributed by atoms with Crippen LogP contribution in [-0.2, 0) is 14.4 Å². The lowest BCUT2D eigenvalue weighted by atomic mass is 9.56. The lowest BCUT2D eigenvalue weighted by Gasteiger charge is -2.47. The largest absolute Gasteiger partial charge is 0.427 e. The average molecular weight is 485 g/mol. The molecular formula is C30H32N2O4. The number of H-pyrrole nitrogens is 1. The standard InChI is InChI=1S/C30H32N2O4/c1-16(33)36-19-12-10-18(11-13-19)32-28(34)25-22-15-17(30(2,3)4)9-14-20(22)24-21-7-5-6-8-23(21)31-27(24)26(25)29(32)35/h5-8,10-13,17,20,22,25-26,31H,9,14-15H2,1-4H3/t17-,20-,22-,25-,26+/m0/s1. The third-order valence-electron chi connectivity index (χ3n) is 8.75. The number of imide groups is 1. The number of carbonyl (C=O) groups is 3. The number of anilines is 1. The van der Waals surface area contributed by atoms with E-state index >= 15 is 0 Å². The van der Waals surface area contributed by atoms with Crippen LogP contribution in [-0.4, -0.2) is 22.8 Å². The van der Waals surface area contributed by atoms with Crippen LogP contribution in [0.25, 0.3) is 10.9 Å². The summed E-state index contributed by atoms with van der Waals surface area (Å²) in [6.07, 6.45) is 3.11. The highest BCUT2D eigenvalue weighted by atomic mass is 16.5. The Balaban J connectivity index is 1.46. The molecule has 186 valence electrons. The number of aromatic nitrogens is 1. The van der Waals surface area contributed by atoms with E-state index in [2.05, 4.69) is 44.0 Å². The number of amides is 2. The number of nitrogens with zero attached hydrogens (tertiary/aromatic N) is 1. The maximum absolute atomic E-state index is 14.1. The van der Waals surface area contributed by atoms with Crippen molar-refractivity contribution < 1.29 is 19.1 Å². The predicted molar refractivity (Wildman–Crippen MR) is 138 cm³/mol. The first kappa shape index (κ1) is 23.0. The molecule has 1 N–H and O–H groups in total. The van der Waals surface area contributed by atoms with E-state index in [1.165, 1.54) is 22.8 Å². The zero-order valence-electron chi connectivity index (χ0n) is 21.2. The second-order valence-electron chi connectivity index (χ2n) is 11.7. The van der Waals surface area contributed by atoms with Crippen LogP contribution in [0.5, 0.6) is 5.75 Å². The average Bonchev–Trinajstić information content (AvgIpc) is 3.34. The third kappa shape index (κ3) is 3.41. The van der Waals surface area contributed by atoms with Crippen molar-refractivity contribution in [1.29, 1.82) is 0 Å². The first-order chi connectivity index (χ1) is 17.1. The number of rotatable bonds is 2. The highest BCUT2D eigenvalue weighted by molar-refractivity contribution is 6.24. The summed E-state index contributed by atoms with van der Waals surface area (Å²) < 4.78 is 5.14. The van der Waals surface area contributed by atoms with Gasteiger partial charge in [-0.2, -0.15) is 0 Å². The maximum atomic E-state index is 14.1. The minimum absolute atomic E-state index is 0.112. The molecule has 0 spiro atoms. The van der Waals surface area contributed by atoms with E-state index in [1.54, 1.807) is 24.3 Å². The number of carbonyl (C=O) groups excluding carboxylic acids is 3. The molecule has 1 aromatic heterocycles. The van der Waals surface area contributed by atoms with Gasteiger partial charge in [0.1, 0.15) is 5.75 Å². The van der Waals surface area contributed by atoms with Gasteiger partial charge in [0.15, 0.2) is 0 Å². The van der Waals surface area contributed by atoms with Gasteiger partial charge in [-0.05, 0) is 78.3 Å². The van der Waals surface area contributed by atoms with Gasteiger partial charge in [0.25, 0.3) is 0 Å². The van der Waals surface area contributed by atoms with Crippen molar-refractivity contribution >= 4 is 34.4 Å². The summed E-state index contributed by atoms with van der Waals surface area (Å²) in [7, 11) is 0. The van der Waals surface area contributed by atoms with Gasteiger partial charge in [-0.25, -0.2) is 4.90 Å². The molecule has 2 fully saturated rings. The van der Waals surface area contributed by atoms with Crippen LogP contribution in [0.15, 0.2) is 48.5 Å². The maximum Gasteiger partial charge on any atom is 0.308 e. The smallest absolute Gasteiger partial charge is 0.308 e. The number of esters is 1. The molecule has 0 unspecified atom stereocenters. The number of hydrogen-bond donors (Lipinski definition) is 1. The van der Waals surface area contributed by atoms with Gasteiger partial charge >= 0.3 is 5.97 Å². The Morgan fingerprint density at radius 2 is 1.72 bits per heavy atom. The molecule has 1 saturated carbocycles. The first-order valence-electron chi connectivity index (χ1n) is 12.9. The highest BCUT2D eigenvalue weighted by Gasteiger charge is 2.59. The van der Waals surface area contributed by atoms with Gasteiger partial charge in [0, 0.05) is 23.5 Å². The van der Waals surface area contributed by atoms with Crippen LogP contribution >= 0.6 is 0 Å². The second-order valence-corrected chi connectivity index (χ2v) is 11.7. The minimum atomic E-state index is -0.506. The molecule has 6 heteroatoms.